The molecule has 2 bridgehead atoms. The van der Waals surface area contributed by atoms with Crippen LogP contribution in [0.2, 0.25) is 0 Å². The van der Waals surface area contributed by atoms with Crippen LogP contribution in [-0.2, 0) is 17.8 Å². The van der Waals surface area contributed by atoms with Crippen LogP contribution >= 0.6 is 0 Å². The highest BCUT2D eigenvalue weighted by atomic mass is 16.5. The highest BCUT2D eigenvalue weighted by molar-refractivity contribution is 5.34. The molecule has 0 N–H and O–H groups in total. The van der Waals surface area contributed by atoms with Crippen molar-refractivity contribution < 1.29 is 14.2 Å². The molecule has 2 atom stereocenters. The number of rotatable bonds is 0. The molecule has 0 aliphatic carbocycles. The summed E-state index contributed by atoms with van der Waals surface area (Å²) in [5.74, 6) is 1.93. The fourth-order valence-electron chi connectivity index (χ4n) is 3.76. The maximum atomic E-state index is 5.98. The van der Waals surface area contributed by atoms with Crippen LogP contribution in [0.5, 0.6) is 11.5 Å². The molecule has 2 unspecified atom stereocenters. The molecule has 2 aromatic rings. The summed E-state index contributed by atoms with van der Waals surface area (Å²) < 4.78 is 17.6. The first-order chi connectivity index (χ1) is 13.4. The van der Waals surface area contributed by atoms with Crippen LogP contribution in [-0.4, -0.2) is 56.0 Å². The number of ether oxygens (including phenoxy) is 3. The van der Waals surface area contributed by atoms with Crippen molar-refractivity contribution in [1.29, 1.82) is 0 Å². The largest absolute Gasteiger partial charge is 0.491 e. The molecule has 144 valence electrons. The molecule has 0 radical (unpaired) electrons. The highest BCUT2D eigenvalue weighted by Crippen LogP contribution is 2.24. The second kappa shape index (κ2) is 9.22. The molecule has 0 amide bonds. The maximum absolute atomic E-state index is 5.98. The van der Waals surface area contributed by atoms with Crippen molar-refractivity contribution in [3.63, 3.8) is 0 Å². The molecular weight excluding hydrogens is 340 g/mol. The van der Waals surface area contributed by atoms with E-state index in [1.807, 2.05) is 12.1 Å². The van der Waals surface area contributed by atoms with E-state index in [9.17, 15) is 0 Å². The van der Waals surface area contributed by atoms with E-state index in [1.54, 1.807) is 0 Å². The number of nitrogens with zero attached hydrogens (tertiary/aromatic N) is 2. The van der Waals surface area contributed by atoms with Crippen molar-refractivity contribution >= 4 is 0 Å². The normalized spacial score (nSPS) is 24.0. The first-order valence-corrected chi connectivity index (χ1v) is 9.82. The van der Waals surface area contributed by atoms with Gasteiger partial charge in [-0.1, -0.05) is 36.4 Å². The SMILES string of the molecule is c1ccc2c(c1)CN1CCCN(Cc3ccccc3OCCOCCO2)C1. The minimum Gasteiger partial charge on any atom is -0.491 e. The van der Waals surface area contributed by atoms with Gasteiger partial charge in [0.05, 0.1) is 19.9 Å². The van der Waals surface area contributed by atoms with E-state index in [0.717, 1.165) is 44.3 Å². The summed E-state index contributed by atoms with van der Waals surface area (Å²) in [5, 5.41) is 0. The molecule has 0 aromatic heterocycles. The Labute approximate surface area is 161 Å². The first-order valence-electron chi connectivity index (χ1n) is 9.82. The molecule has 1 saturated heterocycles. The maximum Gasteiger partial charge on any atom is 0.123 e. The number of fused-ring (bicyclic) bond motifs is 4. The van der Waals surface area contributed by atoms with Gasteiger partial charge in [0.25, 0.3) is 0 Å². The number of hydrogen-bond donors (Lipinski definition) is 0. The van der Waals surface area contributed by atoms with Crippen LogP contribution in [0.25, 0.3) is 0 Å². The molecule has 4 rings (SSSR count). The predicted octanol–water partition coefficient (Wildman–Crippen LogP) is 3.14. The zero-order valence-corrected chi connectivity index (χ0v) is 15.8. The lowest BCUT2D eigenvalue weighted by Crippen LogP contribution is -2.43. The quantitative estimate of drug-likeness (QED) is 0.714. The highest BCUT2D eigenvalue weighted by Gasteiger charge is 2.20. The van der Waals surface area contributed by atoms with Crippen molar-refractivity contribution in [2.75, 3.05) is 46.2 Å². The molecule has 0 spiro atoms. The topological polar surface area (TPSA) is 34.2 Å². The third kappa shape index (κ3) is 5.01. The predicted molar refractivity (Wildman–Crippen MR) is 105 cm³/mol. The van der Waals surface area contributed by atoms with Gasteiger partial charge in [0.15, 0.2) is 0 Å². The van der Waals surface area contributed by atoms with Crippen molar-refractivity contribution in [2.45, 2.75) is 19.5 Å². The second-order valence-corrected chi connectivity index (χ2v) is 7.12. The van der Waals surface area contributed by atoms with Gasteiger partial charge in [-0.2, -0.15) is 0 Å². The summed E-state index contributed by atoms with van der Waals surface area (Å²) in [6.07, 6.45) is 1.18. The standard InChI is InChI=1S/C22H28N2O3/c1-3-8-21-19(6-1)16-23-10-5-11-24(18-23)17-20-7-2-4-9-22(20)27-15-13-25-12-14-26-21/h1-4,6-9H,5,10-18H2. The van der Waals surface area contributed by atoms with Crippen molar-refractivity contribution in [3.05, 3.63) is 59.7 Å². The Morgan fingerprint density at radius 2 is 1.15 bits per heavy atom. The van der Waals surface area contributed by atoms with E-state index in [4.69, 9.17) is 14.2 Å². The summed E-state index contributed by atoms with van der Waals surface area (Å²) in [6.45, 7) is 7.26. The van der Waals surface area contributed by atoms with Gasteiger partial charge in [-0.3, -0.25) is 9.80 Å². The van der Waals surface area contributed by atoms with Gasteiger partial charge in [0.2, 0.25) is 0 Å². The molecule has 5 nitrogen and oxygen atoms in total. The molecule has 27 heavy (non-hydrogen) atoms. The molecule has 2 aromatic carbocycles. The lowest BCUT2D eigenvalue weighted by molar-refractivity contribution is 0.0642. The Morgan fingerprint density at radius 3 is 1.70 bits per heavy atom. The van der Waals surface area contributed by atoms with Crippen LogP contribution in [0, 0.1) is 0 Å². The molecular formula is C22H28N2O3. The van der Waals surface area contributed by atoms with E-state index < -0.39 is 0 Å². The average molecular weight is 368 g/mol. The summed E-state index contributed by atoms with van der Waals surface area (Å²) in [6, 6.07) is 16.7. The van der Waals surface area contributed by atoms with Crippen molar-refractivity contribution in [2.24, 2.45) is 0 Å². The van der Waals surface area contributed by atoms with Crippen LogP contribution < -0.4 is 9.47 Å². The Morgan fingerprint density at radius 1 is 0.630 bits per heavy atom. The van der Waals surface area contributed by atoms with Crippen LogP contribution in [0.3, 0.4) is 0 Å². The minimum absolute atomic E-state index is 0.555. The number of benzene rings is 2. The van der Waals surface area contributed by atoms with Gasteiger partial charge in [-0.05, 0) is 18.6 Å². The molecule has 5 heteroatoms. The fourth-order valence-corrected chi connectivity index (χ4v) is 3.76. The van der Waals surface area contributed by atoms with Crippen molar-refractivity contribution in [3.8, 4) is 11.5 Å². The zero-order chi connectivity index (χ0) is 18.3. The number of hydrogen-bond acceptors (Lipinski definition) is 5. The van der Waals surface area contributed by atoms with Gasteiger partial charge >= 0.3 is 0 Å². The van der Waals surface area contributed by atoms with Gasteiger partial charge in [0, 0.05) is 37.3 Å². The van der Waals surface area contributed by atoms with E-state index in [2.05, 4.69) is 46.2 Å². The van der Waals surface area contributed by atoms with E-state index in [-0.39, 0.29) is 0 Å². The summed E-state index contributed by atoms with van der Waals surface area (Å²) in [4.78, 5) is 5.00. The van der Waals surface area contributed by atoms with E-state index >= 15 is 0 Å². The van der Waals surface area contributed by atoms with Crippen molar-refractivity contribution in [1.82, 2.24) is 9.80 Å². The Bertz CT molecular complexity index is 678. The number of para-hydroxylation sites is 2. The Kier molecular flexibility index (Phi) is 6.25. The van der Waals surface area contributed by atoms with Gasteiger partial charge in [-0.25, -0.2) is 0 Å². The average Bonchev–Trinajstić information content (AvgIpc) is 2.69. The first kappa shape index (κ1) is 18.3. The minimum atomic E-state index is 0.555. The third-order valence-corrected chi connectivity index (χ3v) is 5.05. The molecule has 0 saturated carbocycles. The molecule has 1 fully saturated rings. The summed E-state index contributed by atoms with van der Waals surface area (Å²) in [5.41, 5.74) is 2.49. The molecule has 2 aliphatic rings. The Hall–Kier alpha value is -2.08. The van der Waals surface area contributed by atoms with Crippen LogP contribution in [0.15, 0.2) is 48.5 Å². The Balaban J connectivity index is 1.53. The van der Waals surface area contributed by atoms with Crippen LogP contribution in [0.4, 0.5) is 0 Å². The van der Waals surface area contributed by atoms with Gasteiger partial charge in [0.1, 0.15) is 24.7 Å². The van der Waals surface area contributed by atoms with Gasteiger partial charge < -0.3 is 14.2 Å². The lowest BCUT2D eigenvalue weighted by atomic mass is 10.1. The zero-order valence-electron chi connectivity index (χ0n) is 15.8. The monoisotopic (exact) mass is 368 g/mol. The third-order valence-electron chi connectivity index (χ3n) is 5.05. The van der Waals surface area contributed by atoms with E-state index in [1.165, 1.54) is 17.5 Å². The second-order valence-electron chi connectivity index (χ2n) is 7.12. The summed E-state index contributed by atoms with van der Waals surface area (Å²) >= 11 is 0. The van der Waals surface area contributed by atoms with E-state index in [0.29, 0.717) is 26.4 Å². The lowest BCUT2D eigenvalue weighted by Gasteiger charge is -2.36. The molecule has 2 aliphatic heterocycles. The summed E-state index contributed by atoms with van der Waals surface area (Å²) in [7, 11) is 0. The fraction of sp³-hybridized carbons (Fsp3) is 0.455. The van der Waals surface area contributed by atoms with Gasteiger partial charge in [-0.15, -0.1) is 0 Å². The molecule has 2 heterocycles. The smallest absolute Gasteiger partial charge is 0.123 e. The van der Waals surface area contributed by atoms with Crippen LogP contribution in [0.1, 0.15) is 17.5 Å².